The molecular weight excluding hydrogens is 132 g/mol. The Kier molecular flexibility index (Phi) is 1.70. The zero-order chi connectivity index (χ0) is 6.91. The molecule has 1 heterocycles. The fraction of sp³-hybridized carbons (Fsp3) is 0.833. The Morgan fingerprint density at radius 1 is 1.67 bits per heavy atom. The molecule has 0 amide bonds. The molecule has 0 saturated carbocycles. The van der Waals surface area contributed by atoms with Crippen LogP contribution >= 0.6 is 11.8 Å². The summed E-state index contributed by atoms with van der Waals surface area (Å²) in [5.74, 6) is 0. The third-order valence-corrected chi connectivity index (χ3v) is 2.46. The third kappa shape index (κ3) is 1.61. The van der Waals surface area contributed by atoms with Gasteiger partial charge < -0.3 is 5.32 Å². The van der Waals surface area contributed by atoms with Crippen LogP contribution in [0.2, 0.25) is 0 Å². The number of nitrogens with one attached hydrogen (secondary N) is 1. The van der Waals surface area contributed by atoms with Gasteiger partial charge in [-0.2, -0.15) is 0 Å². The summed E-state index contributed by atoms with van der Waals surface area (Å²) in [6, 6.07) is 0. The van der Waals surface area contributed by atoms with Gasteiger partial charge in [0.2, 0.25) is 0 Å². The van der Waals surface area contributed by atoms with E-state index in [1.807, 2.05) is 7.05 Å². The van der Waals surface area contributed by atoms with Crippen molar-refractivity contribution in [2.24, 2.45) is 4.99 Å². The number of aliphatic imine (C=N–C) groups is 1. The van der Waals surface area contributed by atoms with Crippen LogP contribution in [0, 0.1) is 0 Å². The predicted molar refractivity (Wildman–Crippen MR) is 43.0 cm³/mol. The topological polar surface area (TPSA) is 24.4 Å². The lowest BCUT2D eigenvalue weighted by molar-refractivity contribution is 0.703. The maximum absolute atomic E-state index is 4.05. The van der Waals surface area contributed by atoms with Gasteiger partial charge in [0.25, 0.3) is 0 Å². The Balaban J connectivity index is 2.57. The predicted octanol–water partition coefficient (Wildman–Crippen LogP) is 1.09. The Bertz CT molecular complexity index is 140. The van der Waals surface area contributed by atoms with Crippen LogP contribution in [-0.2, 0) is 0 Å². The highest BCUT2D eigenvalue weighted by molar-refractivity contribution is 8.15. The van der Waals surface area contributed by atoms with Crippen LogP contribution in [0.5, 0.6) is 0 Å². The van der Waals surface area contributed by atoms with E-state index < -0.39 is 0 Å². The lowest BCUT2D eigenvalue weighted by Crippen LogP contribution is -2.21. The first-order valence-electron chi connectivity index (χ1n) is 3.04. The van der Waals surface area contributed by atoms with Crippen LogP contribution in [0.1, 0.15) is 13.8 Å². The molecule has 0 atom stereocenters. The van der Waals surface area contributed by atoms with Crippen molar-refractivity contribution < 1.29 is 0 Å². The number of thioether (sulfide) groups is 1. The molecule has 3 heteroatoms. The van der Waals surface area contributed by atoms with Crippen molar-refractivity contribution in [2.75, 3.05) is 13.6 Å². The van der Waals surface area contributed by atoms with Crippen molar-refractivity contribution in [2.45, 2.75) is 18.6 Å². The molecule has 9 heavy (non-hydrogen) atoms. The monoisotopic (exact) mass is 144 g/mol. The SMILES string of the molecule is CN=C1NCC(C)(C)S1. The van der Waals surface area contributed by atoms with Gasteiger partial charge in [0.15, 0.2) is 5.17 Å². The summed E-state index contributed by atoms with van der Waals surface area (Å²) in [7, 11) is 1.82. The summed E-state index contributed by atoms with van der Waals surface area (Å²) >= 11 is 1.81. The van der Waals surface area contributed by atoms with Gasteiger partial charge in [0.1, 0.15) is 0 Å². The molecule has 0 bridgehead atoms. The van der Waals surface area contributed by atoms with E-state index in [9.17, 15) is 0 Å². The number of rotatable bonds is 0. The van der Waals surface area contributed by atoms with Crippen LogP contribution in [-0.4, -0.2) is 23.5 Å². The first-order valence-corrected chi connectivity index (χ1v) is 3.85. The summed E-state index contributed by atoms with van der Waals surface area (Å²) in [6.07, 6.45) is 0. The van der Waals surface area contributed by atoms with E-state index in [-0.39, 0.29) is 0 Å². The second-order valence-corrected chi connectivity index (χ2v) is 4.44. The molecule has 0 unspecified atom stereocenters. The average molecular weight is 144 g/mol. The lowest BCUT2D eigenvalue weighted by atomic mass is 10.2. The number of nitrogens with zero attached hydrogens (tertiary/aromatic N) is 1. The van der Waals surface area contributed by atoms with E-state index in [0.717, 1.165) is 11.7 Å². The summed E-state index contributed by atoms with van der Waals surface area (Å²) < 4.78 is 0.342. The minimum atomic E-state index is 0.342. The first kappa shape index (κ1) is 6.93. The Morgan fingerprint density at radius 3 is 2.56 bits per heavy atom. The van der Waals surface area contributed by atoms with Crippen molar-refractivity contribution >= 4 is 16.9 Å². The highest BCUT2D eigenvalue weighted by atomic mass is 32.2. The van der Waals surface area contributed by atoms with Crippen LogP contribution in [0.15, 0.2) is 4.99 Å². The van der Waals surface area contributed by atoms with E-state index in [2.05, 4.69) is 24.2 Å². The van der Waals surface area contributed by atoms with Crippen LogP contribution < -0.4 is 5.32 Å². The second kappa shape index (κ2) is 2.21. The van der Waals surface area contributed by atoms with Crippen LogP contribution in [0.4, 0.5) is 0 Å². The molecule has 0 radical (unpaired) electrons. The second-order valence-electron chi connectivity index (χ2n) is 2.74. The van der Waals surface area contributed by atoms with Gasteiger partial charge in [-0.15, -0.1) is 0 Å². The fourth-order valence-corrected chi connectivity index (χ4v) is 1.65. The molecule has 1 saturated heterocycles. The van der Waals surface area contributed by atoms with Gasteiger partial charge in [-0.3, -0.25) is 4.99 Å². The molecule has 2 nitrogen and oxygen atoms in total. The smallest absolute Gasteiger partial charge is 0.156 e. The van der Waals surface area contributed by atoms with Gasteiger partial charge in [0, 0.05) is 18.3 Å². The zero-order valence-electron chi connectivity index (χ0n) is 6.06. The lowest BCUT2D eigenvalue weighted by Gasteiger charge is -2.10. The van der Waals surface area contributed by atoms with Gasteiger partial charge in [-0.25, -0.2) is 0 Å². The van der Waals surface area contributed by atoms with E-state index >= 15 is 0 Å². The standard InChI is InChI=1S/C6H12N2S/c1-6(2)4-8-5(7-3)9-6/h4H2,1-3H3,(H,7,8). The molecule has 1 rings (SSSR count). The van der Waals surface area contributed by atoms with Gasteiger partial charge in [-0.1, -0.05) is 11.8 Å². The molecule has 0 aromatic rings. The van der Waals surface area contributed by atoms with Crippen molar-refractivity contribution in [3.63, 3.8) is 0 Å². The van der Waals surface area contributed by atoms with Gasteiger partial charge >= 0.3 is 0 Å². The molecule has 0 spiro atoms. The summed E-state index contributed by atoms with van der Waals surface area (Å²) in [4.78, 5) is 4.05. The van der Waals surface area contributed by atoms with Crippen LogP contribution in [0.25, 0.3) is 0 Å². The molecule has 0 aromatic heterocycles. The molecule has 52 valence electrons. The van der Waals surface area contributed by atoms with Crippen molar-refractivity contribution in [1.29, 1.82) is 0 Å². The molecule has 0 aromatic carbocycles. The van der Waals surface area contributed by atoms with E-state index in [1.165, 1.54) is 0 Å². The largest absolute Gasteiger partial charge is 0.364 e. The highest BCUT2D eigenvalue weighted by Crippen LogP contribution is 2.28. The number of amidine groups is 1. The molecule has 1 aliphatic rings. The summed E-state index contributed by atoms with van der Waals surface area (Å²) in [5.41, 5.74) is 0. The minimum Gasteiger partial charge on any atom is -0.364 e. The van der Waals surface area contributed by atoms with Gasteiger partial charge in [-0.05, 0) is 13.8 Å². The summed E-state index contributed by atoms with van der Waals surface area (Å²) in [6.45, 7) is 5.45. The van der Waals surface area contributed by atoms with Gasteiger partial charge in [0.05, 0.1) is 0 Å². The molecule has 1 N–H and O–H groups in total. The van der Waals surface area contributed by atoms with Crippen molar-refractivity contribution in [3.05, 3.63) is 0 Å². The number of hydrogen-bond donors (Lipinski definition) is 1. The maximum atomic E-state index is 4.05. The van der Waals surface area contributed by atoms with E-state index in [1.54, 1.807) is 11.8 Å². The number of hydrogen-bond acceptors (Lipinski definition) is 2. The normalized spacial score (nSPS) is 28.6. The third-order valence-electron chi connectivity index (χ3n) is 1.24. The van der Waals surface area contributed by atoms with Crippen molar-refractivity contribution in [3.8, 4) is 0 Å². The molecule has 1 fully saturated rings. The fourth-order valence-electron chi connectivity index (χ4n) is 0.747. The maximum Gasteiger partial charge on any atom is 0.156 e. The quantitative estimate of drug-likeness (QED) is 0.550. The molecular formula is C6H12N2S. The molecule has 1 aliphatic heterocycles. The van der Waals surface area contributed by atoms with Crippen LogP contribution in [0.3, 0.4) is 0 Å². The van der Waals surface area contributed by atoms with Crippen molar-refractivity contribution in [1.82, 2.24) is 5.32 Å². The van der Waals surface area contributed by atoms with E-state index in [0.29, 0.717) is 4.75 Å². The Labute approximate surface area is 60.1 Å². The Morgan fingerprint density at radius 2 is 2.33 bits per heavy atom. The zero-order valence-corrected chi connectivity index (χ0v) is 6.88. The first-order chi connectivity index (χ1) is 4.14. The highest BCUT2D eigenvalue weighted by Gasteiger charge is 2.27. The average Bonchev–Trinajstić information content (AvgIpc) is 2.10. The summed E-state index contributed by atoms with van der Waals surface area (Å²) in [5, 5.41) is 4.28. The van der Waals surface area contributed by atoms with E-state index in [4.69, 9.17) is 0 Å². The molecule has 0 aliphatic carbocycles. The Hall–Kier alpha value is -0.180. The minimum absolute atomic E-state index is 0.342.